The number of aryl methyl sites for hydroxylation is 1. The fraction of sp³-hybridized carbons (Fsp3) is 0.478. The van der Waals surface area contributed by atoms with E-state index in [1.165, 1.54) is 11.0 Å². The molecule has 186 valence electrons. The Labute approximate surface area is 204 Å². The van der Waals surface area contributed by atoms with Crippen LogP contribution in [-0.4, -0.2) is 85.1 Å². The first-order valence-corrected chi connectivity index (χ1v) is 11.5. The van der Waals surface area contributed by atoms with Crippen molar-refractivity contribution in [3.63, 3.8) is 0 Å². The van der Waals surface area contributed by atoms with Gasteiger partial charge in [0.05, 0.1) is 30.8 Å². The van der Waals surface area contributed by atoms with Crippen LogP contribution in [0.1, 0.15) is 31.4 Å². The zero-order valence-electron chi connectivity index (χ0n) is 20.3. The van der Waals surface area contributed by atoms with Gasteiger partial charge in [0, 0.05) is 32.4 Å². The van der Waals surface area contributed by atoms with Crippen LogP contribution in [0.25, 0.3) is 0 Å². The minimum Gasteiger partial charge on any atom is -0.447 e. The number of carbonyl (C=O) groups excluding carboxylic acids is 2. The van der Waals surface area contributed by atoms with Gasteiger partial charge in [-0.2, -0.15) is 15.0 Å². The van der Waals surface area contributed by atoms with Gasteiger partial charge in [-0.25, -0.2) is 14.7 Å². The van der Waals surface area contributed by atoms with Gasteiger partial charge in [0.15, 0.2) is 0 Å². The van der Waals surface area contributed by atoms with Crippen LogP contribution >= 0.6 is 0 Å². The summed E-state index contributed by atoms with van der Waals surface area (Å²) in [6, 6.07) is -0.502. The lowest BCUT2D eigenvalue weighted by molar-refractivity contribution is -0.127. The first-order chi connectivity index (χ1) is 16.7. The van der Waals surface area contributed by atoms with Gasteiger partial charge >= 0.3 is 6.09 Å². The molecular formula is C23H31N9O3. The van der Waals surface area contributed by atoms with E-state index < -0.39 is 6.09 Å². The third-order valence-corrected chi connectivity index (χ3v) is 6.06. The quantitative estimate of drug-likeness (QED) is 0.444. The number of rotatable bonds is 8. The average Bonchev–Trinajstić information content (AvgIpc) is 3.45. The Bertz CT molecular complexity index is 1120. The zero-order chi connectivity index (χ0) is 25.1. The first-order valence-electron chi connectivity index (χ1n) is 11.5. The number of nitrogens with zero attached hydrogens (tertiary/aromatic N) is 8. The summed E-state index contributed by atoms with van der Waals surface area (Å²) in [4.78, 5) is 47.2. The number of carbonyl (C=O) groups is 2. The summed E-state index contributed by atoms with van der Waals surface area (Å²) < 4.78 is 7.19. The van der Waals surface area contributed by atoms with E-state index in [1.807, 2.05) is 24.6 Å². The monoisotopic (exact) mass is 481 g/mol. The fourth-order valence-electron chi connectivity index (χ4n) is 4.06. The van der Waals surface area contributed by atoms with E-state index in [0.717, 1.165) is 24.4 Å². The molecule has 0 spiro atoms. The maximum atomic E-state index is 12.3. The number of ether oxygens (including phenoxy) is 1. The number of imidazole rings is 1. The van der Waals surface area contributed by atoms with Gasteiger partial charge < -0.3 is 19.5 Å². The highest BCUT2D eigenvalue weighted by Gasteiger charge is 2.37. The van der Waals surface area contributed by atoms with Crippen molar-refractivity contribution in [3.8, 4) is 0 Å². The molecule has 2 saturated heterocycles. The molecule has 12 nitrogen and oxygen atoms in total. The van der Waals surface area contributed by atoms with Gasteiger partial charge in [0.2, 0.25) is 17.8 Å². The number of anilines is 2. The molecule has 4 rings (SSSR count). The van der Waals surface area contributed by atoms with Gasteiger partial charge in [-0.1, -0.05) is 18.7 Å². The Morgan fingerprint density at radius 1 is 1.29 bits per heavy atom. The van der Waals surface area contributed by atoms with E-state index in [1.54, 1.807) is 18.2 Å². The summed E-state index contributed by atoms with van der Waals surface area (Å²) in [6.07, 6.45) is 4.62. The highest BCUT2D eigenvalue weighted by Crippen LogP contribution is 2.25. The number of amides is 2. The summed E-state index contributed by atoms with van der Waals surface area (Å²) in [5.41, 5.74) is 1.61. The first kappa shape index (κ1) is 24.3. The highest BCUT2D eigenvalue weighted by atomic mass is 16.6. The second kappa shape index (κ2) is 10.2. The molecule has 2 atom stereocenters. The van der Waals surface area contributed by atoms with E-state index in [4.69, 9.17) is 4.74 Å². The Hall–Kier alpha value is -3.80. The van der Waals surface area contributed by atoms with Crippen LogP contribution < -0.4 is 10.2 Å². The number of piperazine rings is 1. The standard InChI is InChI=1S/C23H31N9O3/c1-6-20(33)31-9-7-29(8-10-31)14-30-11-18(24-13-30)16(4)25-21-26-17(5)27-22(28-21)32-19(15(2)3)12-35-23(32)34/h6,11,13,16,19H,1-2,7-10,12,14H2,3-5H3,(H,25,26,27,28)/t16-,19+/m0/s1. The SMILES string of the molecule is C=CC(=O)N1CCN(Cn2cnc([C@H](C)Nc3nc(C)nc(N4C(=O)OC[C@@H]4C(=C)C)n3)c2)CC1. The predicted octanol–water partition coefficient (Wildman–Crippen LogP) is 1.74. The molecule has 2 aromatic heterocycles. The van der Waals surface area contributed by atoms with E-state index in [9.17, 15) is 9.59 Å². The molecule has 0 aliphatic carbocycles. The van der Waals surface area contributed by atoms with Crippen molar-refractivity contribution in [3.05, 3.63) is 48.8 Å². The topological polar surface area (TPSA) is 122 Å². The van der Waals surface area contributed by atoms with Crippen molar-refractivity contribution >= 4 is 23.9 Å². The molecule has 1 N–H and O–H groups in total. The minimum atomic E-state index is -0.504. The maximum absolute atomic E-state index is 12.3. The van der Waals surface area contributed by atoms with Gasteiger partial charge in [0.25, 0.3) is 0 Å². The van der Waals surface area contributed by atoms with Crippen molar-refractivity contribution in [1.29, 1.82) is 0 Å². The molecule has 2 aliphatic heterocycles. The van der Waals surface area contributed by atoms with Gasteiger partial charge in [0.1, 0.15) is 12.4 Å². The Kier molecular flexibility index (Phi) is 7.10. The molecule has 0 radical (unpaired) electrons. The van der Waals surface area contributed by atoms with E-state index in [2.05, 4.69) is 43.3 Å². The molecule has 0 unspecified atom stereocenters. The number of aromatic nitrogens is 5. The lowest BCUT2D eigenvalue weighted by Gasteiger charge is -2.34. The van der Waals surface area contributed by atoms with E-state index in [0.29, 0.717) is 31.5 Å². The van der Waals surface area contributed by atoms with Crippen LogP contribution in [0.3, 0.4) is 0 Å². The average molecular weight is 482 g/mol. The summed E-state index contributed by atoms with van der Waals surface area (Å²) in [7, 11) is 0. The summed E-state index contributed by atoms with van der Waals surface area (Å²) in [6.45, 7) is 16.9. The van der Waals surface area contributed by atoms with E-state index >= 15 is 0 Å². The maximum Gasteiger partial charge on any atom is 0.417 e. The lowest BCUT2D eigenvalue weighted by atomic mass is 10.1. The zero-order valence-corrected chi connectivity index (χ0v) is 20.3. The molecular weight excluding hydrogens is 450 g/mol. The Balaban J connectivity index is 1.40. The third-order valence-electron chi connectivity index (χ3n) is 6.06. The number of hydrogen-bond acceptors (Lipinski definition) is 9. The summed E-state index contributed by atoms with van der Waals surface area (Å²) >= 11 is 0. The molecule has 2 aromatic rings. The van der Waals surface area contributed by atoms with Crippen LogP contribution in [0.5, 0.6) is 0 Å². The normalized spacial score (nSPS) is 19.4. The van der Waals surface area contributed by atoms with Crippen LogP contribution in [0.4, 0.5) is 16.7 Å². The van der Waals surface area contributed by atoms with Crippen LogP contribution in [0.2, 0.25) is 0 Å². The smallest absolute Gasteiger partial charge is 0.417 e. The van der Waals surface area contributed by atoms with Gasteiger partial charge in [-0.3, -0.25) is 9.69 Å². The van der Waals surface area contributed by atoms with Crippen LogP contribution in [0.15, 0.2) is 37.3 Å². The van der Waals surface area contributed by atoms with Crippen molar-refractivity contribution in [1.82, 2.24) is 34.3 Å². The molecule has 2 amide bonds. The van der Waals surface area contributed by atoms with Crippen LogP contribution in [0, 0.1) is 6.92 Å². The van der Waals surface area contributed by atoms with Crippen molar-refractivity contribution in [2.24, 2.45) is 0 Å². The molecule has 0 bridgehead atoms. The van der Waals surface area contributed by atoms with Crippen molar-refractivity contribution in [2.75, 3.05) is 43.0 Å². The molecule has 2 aliphatic rings. The highest BCUT2D eigenvalue weighted by molar-refractivity contribution is 5.89. The number of hydrogen-bond donors (Lipinski definition) is 1. The fourth-order valence-corrected chi connectivity index (χ4v) is 4.06. The second-order valence-corrected chi connectivity index (χ2v) is 8.78. The largest absolute Gasteiger partial charge is 0.447 e. The summed E-state index contributed by atoms with van der Waals surface area (Å²) in [5.74, 6) is 1.02. The van der Waals surface area contributed by atoms with Gasteiger partial charge in [-0.15, -0.1) is 0 Å². The summed E-state index contributed by atoms with van der Waals surface area (Å²) in [5, 5.41) is 3.26. The molecule has 35 heavy (non-hydrogen) atoms. The molecule has 4 heterocycles. The molecule has 0 aromatic carbocycles. The molecule has 12 heteroatoms. The van der Waals surface area contributed by atoms with Gasteiger partial charge in [-0.05, 0) is 26.8 Å². The lowest BCUT2D eigenvalue weighted by Crippen LogP contribution is -2.48. The molecule has 0 saturated carbocycles. The van der Waals surface area contributed by atoms with Crippen molar-refractivity contribution < 1.29 is 14.3 Å². The minimum absolute atomic E-state index is 0.0250. The van der Waals surface area contributed by atoms with E-state index in [-0.39, 0.29) is 30.5 Å². The third kappa shape index (κ3) is 5.48. The Morgan fingerprint density at radius 2 is 2.03 bits per heavy atom. The van der Waals surface area contributed by atoms with Crippen LogP contribution in [-0.2, 0) is 16.2 Å². The number of nitrogens with one attached hydrogen (secondary N) is 1. The van der Waals surface area contributed by atoms with Crippen molar-refractivity contribution in [2.45, 2.75) is 39.5 Å². The molecule has 2 fully saturated rings. The number of cyclic esters (lactones) is 1. The Morgan fingerprint density at radius 3 is 2.71 bits per heavy atom. The predicted molar refractivity (Wildman–Crippen MR) is 130 cm³/mol. The second-order valence-electron chi connectivity index (χ2n) is 8.78.